The molecule has 2 nitrogen and oxygen atoms in total. The fourth-order valence-electron chi connectivity index (χ4n) is 0.952. The molecule has 0 heterocycles. The van der Waals surface area contributed by atoms with Gasteiger partial charge < -0.3 is 0 Å². The largest absolute Gasteiger partial charge is 0.220 e. The fourth-order valence-corrected chi connectivity index (χ4v) is 4.24. The molecule has 15 heavy (non-hydrogen) atoms. The molecule has 0 saturated heterocycles. The molecule has 0 aromatic carbocycles. The Labute approximate surface area is 102 Å². The summed E-state index contributed by atoms with van der Waals surface area (Å²) >= 11 is 2.97. The number of allylic oxidation sites excluding steroid dienone is 2. The minimum Gasteiger partial charge on any atom is -0.220 e. The summed E-state index contributed by atoms with van der Waals surface area (Å²) in [5.74, 6) is 0. The first-order chi connectivity index (χ1) is 6.99. The van der Waals surface area contributed by atoms with Crippen molar-refractivity contribution in [2.45, 2.75) is 26.7 Å². The molecule has 0 bridgehead atoms. The molecule has 0 aliphatic heterocycles. The SMILES string of the molecule is CCC(=CS(=O)(=O)C=C(CC)SC)SC. The van der Waals surface area contributed by atoms with Gasteiger partial charge in [-0.05, 0) is 35.2 Å². The first-order valence-electron chi connectivity index (χ1n) is 4.73. The first kappa shape index (κ1) is 15.1. The number of hydrogen-bond acceptors (Lipinski definition) is 4. The standard InChI is InChI=1S/C10H18O2S3/c1-5-9(13-3)7-15(11,12)8-10(6-2)14-4/h7-8H,5-6H2,1-4H3. The maximum Gasteiger partial charge on any atom is 0.194 e. The Morgan fingerprint density at radius 2 is 1.33 bits per heavy atom. The van der Waals surface area contributed by atoms with Crippen molar-refractivity contribution in [2.24, 2.45) is 0 Å². The van der Waals surface area contributed by atoms with Crippen LogP contribution in [0.25, 0.3) is 0 Å². The van der Waals surface area contributed by atoms with Gasteiger partial charge in [-0.1, -0.05) is 13.8 Å². The second kappa shape index (κ2) is 7.41. The molecule has 0 unspecified atom stereocenters. The smallest absolute Gasteiger partial charge is 0.194 e. The molecule has 0 aliphatic carbocycles. The Morgan fingerprint density at radius 3 is 1.53 bits per heavy atom. The molecule has 0 radical (unpaired) electrons. The van der Waals surface area contributed by atoms with E-state index in [4.69, 9.17) is 0 Å². The van der Waals surface area contributed by atoms with E-state index in [0.29, 0.717) is 0 Å². The Kier molecular flexibility index (Phi) is 7.48. The quantitative estimate of drug-likeness (QED) is 0.735. The molecule has 0 fully saturated rings. The normalized spacial score (nSPS) is 14.4. The highest BCUT2D eigenvalue weighted by atomic mass is 32.2. The molecule has 88 valence electrons. The summed E-state index contributed by atoms with van der Waals surface area (Å²) in [5, 5.41) is 2.73. The van der Waals surface area contributed by atoms with E-state index in [9.17, 15) is 8.42 Å². The summed E-state index contributed by atoms with van der Waals surface area (Å²) in [6, 6.07) is 0. The third-order valence-corrected chi connectivity index (χ3v) is 5.20. The van der Waals surface area contributed by atoms with Gasteiger partial charge in [0.05, 0.1) is 0 Å². The van der Waals surface area contributed by atoms with Gasteiger partial charge in [-0.2, -0.15) is 0 Å². The molecule has 0 spiro atoms. The van der Waals surface area contributed by atoms with E-state index in [1.807, 2.05) is 26.4 Å². The number of thioether (sulfide) groups is 2. The number of hydrogen-bond donors (Lipinski definition) is 0. The molecule has 0 rings (SSSR count). The van der Waals surface area contributed by atoms with E-state index in [1.165, 1.54) is 34.3 Å². The van der Waals surface area contributed by atoms with Gasteiger partial charge >= 0.3 is 0 Å². The Morgan fingerprint density at radius 1 is 1.00 bits per heavy atom. The zero-order chi connectivity index (χ0) is 11.9. The second-order valence-corrected chi connectivity index (χ2v) is 6.39. The van der Waals surface area contributed by atoms with Crippen molar-refractivity contribution >= 4 is 33.4 Å². The van der Waals surface area contributed by atoms with Crippen LogP contribution >= 0.6 is 23.5 Å². The van der Waals surface area contributed by atoms with Crippen LogP contribution in [0.15, 0.2) is 20.6 Å². The van der Waals surface area contributed by atoms with Crippen molar-refractivity contribution in [1.82, 2.24) is 0 Å². The van der Waals surface area contributed by atoms with Gasteiger partial charge in [0.15, 0.2) is 9.84 Å². The van der Waals surface area contributed by atoms with Crippen LogP contribution in [0.4, 0.5) is 0 Å². The van der Waals surface area contributed by atoms with Gasteiger partial charge in [0.25, 0.3) is 0 Å². The van der Waals surface area contributed by atoms with E-state index in [2.05, 4.69) is 0 Å². The van der Waals surface area contributed by atoms with Crippen LogP contribution < -0.4 is 0 Å². The van der Waals surface area contributed by atoms with Gasteiger partial charge in [0.1, 0.15) is 0 Å². The summed E-state index contributed by atoms with van der Waals surface area (Å²) in [7, 11) is -3.19. The monoisotopic (exact) mass is 266 g/mol. The Balaban J connectivity index is 5.00. The lowest BCUT2D eigenvalue weighted by Crippen LogP contribution is -1.92. The molecule has 0 saturated carbocycles. The van der Waals surface area contributed by atoms with E-state index < -0.39 is 9.84 Å². The number of rotatable bonds is 6. The Hall–Kier alpha value is 0.130. The maximum absolute atomic E-state index is 11.7. The van der Waals surface area contributed by atoms with Crippen molar-refractivity contribution < 1.29 is 8.42 Å². The average molecular weight is 266 g/mol. The van der Waals surface area contributed by atoms with E-state index >= 15 is 0 Å². The van der Waals surface area contributed by atoms with Gasteiger partial charge in [-0.25, -0.2) is 8.42 Å². The summed E-state index contributed by atoms with van der Waals surface area (Å²) in [5.41, 5.74) is 0. The second-order valence-electron chi connectivity index (χ2n) is 2.87. The average Bonchev–Trinajstić information content (AvgIpc) is 2.22. The lowest BCUT2D eigenvalue weighted by Gasteiger charge is -2.01. The fraction of sp³-hybridized carbons (Fsp3) is 0.600. The molecular formula is C10H18O2S3. The Bertz CT molecular complexity index is 300. The highest BCUT2D eigenvalue weighted by Crippen LogP contribution is 2.21. The van der Waals surface area contributed by atoms with Crippen LogP contribution in [0.5, 0.6) is 0 Å². The maximum atomic E-state index is 11.7. The zero-order valence-electron chi connectivity index (χ0n) is 9.61. The van der Waals surface area contributed by atoms with Crippen LogP contribution in [0.3, 0.4) is 0 Å². The molecule has 0 aromatic rings. The molecule has 0 atom stereocenters. The van der Waals surface area contributed by atoms with Gasteiger partial charge in [0, 0.05) is 10.8 Å². The van der Waals surface area contributed by atoms with Crippen molar-refractivity contribution in [1.29, 1.82) is 0 Å². The van der Waals surface area contributed by atoms with E-state index in [1.54, 1.807) is 0 Å². The lowest BCUT2D eigenvalue weighted by molar-refractivity contribution is 0.612. The molecule has 0 aliphatic rings. The minimum atomic E-state index is -3.19. The van der Waals surface area contributed by atoms with Crippen LogP contribution in [0, 0.1) is 0 Å². The summed E-state index contributed by atoms with van der Waals surface area (Å²) < 4.78 is 23.4. The van der Waals surface area contributed by atoms with Crippen molar-refractivity contribution in [3.05, 3.63) is 20.6 Å². The summed E-state index contributed by atoms with van der Waals surface area (Å²) in [6.45, 7) is 3.91. The number of sulfone groups is 1. The van der Waals surface area contributed by atoms with Crippen LogP contribution in [-0.4, -0.2) is 20.9 Å². The zero-order valence-corrected chi connectivity index (χ0v) is 12.1. The van der Waals surface area contributed by atoms with Gasteiger partial charge in [-0.15, -0.1) is 23.5 Å². The van der Waals surface area contributed by atoms with Gasteiger partial charge in [-0.3, -0.25) is 0 Å². The molecule has 0 aromatic heterocycles. The molecular weight excluding hydrogens is 248 g/mol. The molecule has 0 N–H and O–H groups in total. The highest BCUT2D eigenvalue weighted by molar-refractivity contribution is 8.05. The molecule has 0 amide bonds. The predicted molar refractivity (Wildman–Crippen MR) is 72.7 cm³/mol. The molecule has 5 heteroatoms. The van der Waals surface area contributed by atoms with Crippen molar-refractivity contribution in [3.8, 4) is 0 Å². The summed E-state index contributed by atoms with van der Waals surface area (Å²) in [4.78, 5) is 1.78. The topological polar surface area (TPSA) is 34.1 Å². The van der Waals surface area contributed by atoms with Crippen LogP contribution in [0.2, 0.25) is 0 Å². The lowest BCUT2D eigenvalue weighted by atomic mass is 10.5. The third-order valence-electron chi connectivity index (χ3n) is 1.81. The van der Waals surface area contributed by atoms with Crippen molar-refractivity contribution in [3.63, 3.8) is 0 Å². The van der Waals surface area contributed by atoms with E-state index in [-0.39, 0.29) is 0 Å². The van der Waals surface area contributed by atoms with E-state index in [0.717, 1.165) is 22.7 Å². The minimum absolute atomic E-state index is 0.759. The summed E-state index contributed by atoms with van der Waals surface area (Å²) in [6.07, 6.45) is 5.30. The first-order valence-corrected chi connectivity index (χ1v) is 8.79. The van der Waals surface area contributed by atoms with Crippen LogP contribution in [-0.2, 0) is 9.84 Å². The van der Waals surface area contributed by atoms with Crippen LogP contribution in [0.1, 0.15) is 26.7 Å². The highest BCUT2D eigenvalue weighted by Gasteiger charge is 2.06. The third kappa shape index (κ3) is 6.33. The predicted octanol–water partition coefficient (Wildman–Crippen LogP) is 3.63. The van der Waals surface area contributed by atoms with Crippen molar-refractivity contribution in [2.75, 3.05) is 12.5 Å². The van der Waals surface area contributed by atoms with Gasteiger partial charge in [0.2, 0.25) is 0 Å².